The molecule has 0 aliphatic carbocycles. The molecular formula is C18H20N2O5S2. The Morgan fingerprint density at radius 3 is 2.63 bits per heavy atom. The molecule has 1 saturated heterocycles. The first-order valence-corrected chi connectivity index (χ1v) is 10.9. The molecule has 1 aromatic heterocycles. The highest BCUT2D eigenvalue weighted by Gasteiger charge is 2.39. The number of carbonyl (C=O) groups excluding carboxylic acids is 2. The van der Waals surface area contributed by atoms with Crippen molar-refractivity contribution in [3.8, 4) is 0 Å². The Kier molecular flexibility index (Phi) is 5.93. The molecule has 2 aromatic rings. The first-order valence-electron chi connectivity index (χ1n) is 8.57. The van der Waals surface area contributed by atoms with Gasteiger partial charge in [-0.3, -0.25) is 4.79 Å². The van der Waals surface area contributed by atoms with E-state index in [1.54, 1.807) is 48.7 Å². The van der Waals surface area contributed by atoms with Crippen LogP contribution in [0.5, 0.6) is 0 Å². The van der Waals surface area contributed by atoms with Crippen LogP contribution < -0.4 is 5.32 Å². The van der Waals surface area contributed by atoms with E-state index in [1.807, 2.05) is 0 Å². The Labute approximate surface area is 162 Å². The number of esters is 1. The van der Waals surface area contributed by atoms with Crippen LogP contribution in [0.4, 0.5) is 5.69 Å². The summed E-state index contributed by atoms with van der Waals surface area (Å²) in [6.07, 6.45) is 1.10. The molecule has 9 heteroatoms. The van der Waals surface area contributed by atoms with E-state index in [0.29, 0.717) is 30.6 Å². The lowest BCUT2D eigenvalue weighted by Gasteiger charge is -2.22. The highest BCUT2D eigenvalue weighted by Crippen LogP contribution is 2.29. The van der Waals surface area contributed by atoms with Crippen LogP contribution in [-0.4, -0.2) is 43.8 Å². The van der Waals surface area contributed by atoms with Gasteiger partial charge in [-0.05, 0) is 55.5 Å². The maximum Gasteiger partial charge on any atom is 0.338 e. The Bertz CT molecular complexity index is 908. The number of hydrogen-bond donors (Lipinski definition) is 1. The lowest BCUT2D eigenvalue weighted by Crippen LogP contribution is -2.42. The van der Waals surface area contributed by atoms with Gasteiger partial charge in [-0.1, -0.05) is 6.07 Å². The summed E-state index contributed by atoms with van der Waals surface area (Å²) in [5.74, 6) is -0.809. The smallest absolute Gasteiger partial charge is 0.338 e. The predicted molar refractivity (Wildman–Crippen MR) is 102 cm³/mol. The topological polar surface area (TPSA) is 92.8 Å². The van der Waals surface area contributed by atoms with Crippen molar-refractivity contribution in [2.24, 2.45) is 0 Å². The van der Waals surface area contributed by atoms with Crippen LogP contribution in [0.2, 0.25) is 0 Å². The number of hydrogen-bond acceptors (Lipinski definition) is 6. The Balaban J connectivity index is 1.71. The SMILES string of the molecule is CCOC(=O)c1ccc(NC(=O)[C@H]2CCCN2S(=O)(=O)c2cccs2)cc1. The highest BCUT2D eigenvalue weighted by molar-refractivity contribution is 7.91. The zero-order chi connectivity index (χ0) is 19.4. The van der Waals surface area contributed by atoms with Gasteiger partial charge in [0.1, 0.15) is 10.3 Å². The van der Waals surface area contributed by atoms with Crippen molar-refractivity contribution < 1.29 is 22.7 Å². The molecule has 0 spiro atoms. The summed E-state index contributed by atoms with van der Waals surface area (Å²) >= 11 is 1.14. The van der Waals surface area contributed by atoms with Gasteiger partial charge in [0.05, 0.1) is 12.2 Å². The first-order chi connectivity index (χ1) is 12.9. The molecule has 1 N–H and O–H groups in total. The number of nitrogens with one attached hydrogen (secondary N) is 1. The van der Waals surface area contributed by atoms with E-state index in [2.05, 4.69) is 5.32 Å². The fraction of sp³-hybridized carbons (Fsp3) is 0.333. The Morgan fingerprint density at radius 2 is 2.00 bits per heavy atom. The predicted octanol–water partition coefficient (Wildman–Crippen LogP) is 2.72. The summed E-state index contributed by atoms with van der Waals surface area (Å²) in [5.41, 5.74) is 0.881. The Hall–Kier alpha value is -2.23. The largest absolute Gasteiger partial charge is 0.462 e. The second-order valence-electron chi connectivity index (χ2n) is 5.99. The molecule has 7 nitrogen and oxygen atoms in total. The molecule has 0 radical (unpaired) electrons. The van der Waals surface area contributed by atoms with Crippen LogP contribution in [0.25, 0.3) is 0 Å². The number of thiophene rings is 1. The third-order valence-corrected chi connectivity index (χ3v) is 7.51. The lowest BCUT2D eigenvalue weighted by atomic mass is 10.2. The standard InChI is InChI=1S/C18H20N2O5S2/c1-2-25-18(22)13-7-9-14(10-8-13)19-17(21)15-5-3-11-20(15)27(23,24)16-6-4-12-26-16/h4,6-10,12,15H,2-3,5,11H2,1H3,(H,19,21)/t15-/m1/s1. The van der Waals surface area contributed by atoms with Crippen LogP contribution in [0, 0.1) is 0 Å². The average Bonchev–Trinajstić information content (AvgIpc) is 3.35. The molecule has 27 heavy (non-hydrogen) atoms. The summed E-state index contributed by atoms with van der Waals surface area (Å²) in [5, 5.41) is 4.43. The Morgan fingerprint density at radius 1 is 1.26 bits per heavy atom. The van der Waals surface area contributed by atoms with Gasteiger partial charge in [0.15, 0.2) is 0 Å². The minimum atomic E-state index is -3.68. The maximum absolute atomic E-state index is 12.7. The highest BCUT2D eigenvalue weighted by atomic mass is 32.2. The van der Waals surface area contributed by atoms with Crippen molar-refractivity contribution in [2.45, 2.75) is 30.0 Å². The van der Waals surface area contributed by atoms with Gasteiger partial charge in [0.25, 0.3) is 10.0 Å². The van der Waals surface area contributed by atoms with E-state index in [1.165, 1.54) is 4.31 Å². The van der Waals surface area contributed by atoms with E-state index in [9.17, 15) is 18.0 Å². The van der Waals surface area contributed by atoms with E-state index >= 15 is 0 Å². The molecule has 1 aliphatic rings. The molecular weight excluding hydrogens is 388 g/mol. The fourth-order valence-electron chi connectivity index (χ4n) is 2.95. The number of rotatable bonds is 6. The van der Waals surface area contributed by atoms with Gasteiger partial charge in [0, 0.05) is 12.2 Å². The zero-order valence-corrected chi connectivity index (χ0v) is 16.4. The third-order valence-electron chi connectivity index (χ3n) is 4.23. The minimum absolute atomic E-state index is 0.237. The quantitative estimate of drug-likeness (QED) is 0.742. The lowest BCUT2D eigenvalue weighted by molar-refractivity contribution is -0.119. The molecule has 1 amide bonds. The molecule has 1 fully saturated rings. The van der Waals surface area contributed by atoms with Crippen molar-refractivity contribution in [1.82, 2.24) is 4.31 Å². The van der Waals surface area contributed by atoms with E-state index in [4.69, 9.17) is 4.74 Å². The number of anilines is 1. The molecule has 144 valence electrons. The molecule has 0 bridgehead atoms. The van der Waals surface area contributed by atoms with Gasteiger partial charge in [0.2, 0.25) is 5.91 Å². The van der Waals surface area contributed by atoms with Gasteiger partial charge in [-0.15, -0.1) is 11.3 Å². The number of ether oxygens (including phenoxy) is 1. The first kappa shape index (κ1) is 19.5. The van der Waals surface area contributed by atoms with Gasteiger partial charge in [-0.2, -0.15) is 4.31 Å². The average molecular weight is 409 g/mol. The molecule has 1 aliphatic heterocycles. The van der Waals surface area contributed by atoms with Crippen molar-refractivity contribution in [1.29, 1.82) is 0 Å². The van der Waals surface area contributed by atoms with Gasteiger partial charge < -0.3 is 10.1 Å². The van der Waals surface area contributed by atoms with E-state index in [-0.39, 0.29) is 16.7 Å². The summed E-state index contributed by atoms with van der Waals surface area (Å²) in [7, 11) is -3.68. The van der Waals surface area contributed by atoms with Crippen LogP contribution in [0.1, 0.15) is 30.1 Å². The monoisotopic (exact) mass is 408 g/mol. The summed E-state index contributed by atoms with van der Waals surface area (Å²) in [6, 6.07) is 8.77. The third kappa shape index (κ3) is 4.20. The zero-order valence-electron chi connectivity index (χ0n) is 14.8. The summed E-state index contributed by atoms with van der Waals surface area (Å²) in [6.45, 7) is 2.33. The molecule has 1 aromatic carbocycles. The summed E-state index contributed by atoms with van der Waals surface area (Å²) in [4.78, 5) is 24.3. The molecule has 0 unspecified atom stereocenters. The van der Waals surface area contributed by atoms with Crippen molar-refractivity contribution >= 4 is 38.9 Å². The number of sulfonamides is 1. The van der Waals surface area contributed by atoms with Gasteiger partial charge in [-0.25, -0.2) is 13.2 Å². The normalized spacial score (nSPS) is 17.6. The maximum atomic E-state index is 12.7. The van der Waals surface area contributed by atoms with Crippen LogP contribution in [-0.2, 0) is 19.6 Å². The molecule has 1 atom stereocenters. The van der Waals surface area contributed by atoms with E-state index in [0.717, 1.165) is 11.3 Å². The number of nitrogens with zero attached hydrogens (tertiary/aromatic N) is 1. The number of benzene rings is 1. The van der Waals surface area contributed by atoms with Crippen molar-refractivity contribution in [2.75, 3.05) is 18.5 Å². The van der Waals surface area contributed by atoms with Crippen LogP contribution >= 0.6 is 11.3 Å². The van der Waals surface area contributed by atoms with Crippen molar-refractivity contribution in [3.63, 3.8) is 0 Å². The van der Waals surface area contributed by atoms with Crippen LogP contribution in [0.15, 0.2) is 46.0 Å². The fourth-order valence-corrected chi connectivity index (χ4v) is 5.72. The second-order valence-corrected chi connectivity index (χ2v) is 9.06. The second kappa shape index (κ2) is 8.20. The van der Waals surface area contributed by atoms with Gasteiger partial charge >= 0.3 is 5.97 Å². The molecule has 0 saturated carbocycles. The molecule has 3 rings (SSSR count). The van der Waals surface area contributed by atoms with Crippen LogP contribution in [0.3, 0.4) is 0 Å². The summed E-state index contributed by atoms with van der Waals surface area (Å²) < 4.78 is 31.9. The molecule has 2 heterocycles. The number of carbonyl (C=O) groups is 2. The van der Waals surface area contributed by atoms with Crippen molar-refractivity contribution in [3.05, 3.63) is 47.3 Å². The minimum Gasteiger partial charge on any atom is -0.462 e. The number of amides is 1. The van der Waals surface area contributed by atoms with E-state index < -0.39 is 22.0 Å².